The fourth-order valence-corrected chi connectivity index (χ4v) is 6.46. The zero-order valence-corrected chi connectivity index (χ0v) is 19.1. The summed E-state index contributed by atoms with van der Waals surface area (Å²) in [6.45, 7) is 6.77. The minimum absolute atomic E-state index is 0.0717. The number of thioether (sulfide) groups is 1. The molecule has 0 aliphatic carbocycles. The van der Waals surface area contributed by atoms with Gasteiger partial charge in [-0.05, 0) is 50.2 Å². The Kier molecular flexibility index (Phi) is 5.77. The van der Waals surface area contributed by atoms with Gasteiger partial charge in [-0.15, -0.1) is 0 Å². The lowest BCUT2D eigenvalue weighted by atomic mass is 9.80. The van der Waals surface area contributed by atoms with Gasteiger partial charge in [0.1, 0.15) is 0 Å². The van der Waals surface area contributed by atoms with E-state index in [9.17, 15) is 14.7 Å². The summed E-state index contributed by atoms with van der Waals surface area (Å²) < 4.78 is 0. The molecule has 3 saturated heterocycles. The fraction of sp³-hybridized carbons (Fsp3) is 0.773. The molecule has 8 nitrogen and oxygen atoms in total. The number of nitrogens with zero attached hydrogens (tertiary/aromatic N) is 4. The van der Waals surface area contributed by atoms with Crippen LogP contribution in [0, 0.1) is 11.8 Å². The van der Waals surface area contributed by atoms with E-state index in [0.717, 1.165) is 81.2 Å². The second-order valence-electron chi connectivity index (χ2n) is 10.0. The van der Waals surface area contributed by atoms with Crippen LogP contribution in [0.25, 0.3) is 0 Å². The maximum Gasteiger partial charge on any atom is 0.274 e. The predicted octanol–water partition coefficient (Wildman–Crippen LogP) is 0.966. The Labute approximate surface area is 187 Å². The molecule has 0 saturated carbocycles. The van der Waals surface area contributed by atoms with E-state index >= 15 is 0 Å². The van der Waals surface area contributed by atoms with Gasteiger partial charge < -0.3 is 14.9 Å². The Balaban J connectivity index is 1.13. The third kappa shape index (κ3) is 4.36. The van der Waals surface area contributed by atoms with Crippen LogP contribution in [-0.4, -0.2) is 99.0 Å². The Morgan fingerprint density at radius 2 is 2.03 bits per heavy atom. The number of hydrogen-bond donors (Lipinski definition) is 2. The van der Waals surface area contributed by atoms with Gasteiger partial charge in [0.25, 0.3) is 5.91 Å². The summed E-state index contributed by atoms with van der Waals surface area (Å²) in [7, 11) is 0. The number of carbonyl (C=O) groups is 2. The van der Waals surface area contributed by atoms with Crippen molar-refractivity contribution in [2.75, 3.05) is 51.6 Å². The Bertz CT molecular complexity index is 850. The highest BCUT2D eigenvalue weighted by atomic mass is 32.2. The van der Waals surface area contributed by atoms with E-state index in [1.54, 1.807) is 0 Å². The molecule has 31 heavy (non-hydrogen) atoms. The molecule has 1 aromatic rings. The van der Waals surface area contributed by atoms with Gasteiger partial charge in [0, 0.05) is 56.3 Å². The van der Waals surface area contributed by atoms with Crippen LogP contribution < -0.4 is 0 Å². The largest absolute Gasteiger partial charge is 0.389 e. The summed E-state index contributed by atoms with van der Waals surface area (Å²) >= 11 is 1.88. The molecule has 2 unspecified atom stereocenters. The highest BCUT2D eigenvalue weighted by Crippen LogP contribution is 2.33. The monoisotopic (exact) mass is 447 g/mol. The normalized spacial score (nSPS) is 29.7. The van der Waals surface area contributed by atoms with E-state index < -0.39 is 5.60 Å². The number of aromatic amines is 1. The fourth-order valence-electron chi connectivity index (χ4n) is 5.52. The molecule has 4 aliphatic rings. The molecule has 0 radical (unpaired) electrons. The highest BCUT2D eigenvalue weighted by molar-refractivity contribution is 7.98. The van der Waals surface area contributed by atoms with E-state index in [1.807, 2.05) is 28.5 Å². The second-order valence-corrected chi connectivity index (χ2v) is 11.1. The van der Waals surface area contributed by atoms with Crippen molar-refractivity contribution in [3.05, 3.63) is 17.0 Å². The number of aliphatic hydroxyl groups is 1. The number of nitrogens with one attached hydrogen (secondary N) is 1. The van der Waals surface area contributed by atoms with Gasteiger partial charge >= 0.3 is 0 Å². The van der Waals surface area contributed by atoms with Crippen molar-refractivity contribution in [2.24, 2.45) is 11.8 Å². The number of β-amino-alcohol motifs (C(OH)–C–C–N with tert-alkyl or cyclic N) is 1. The number of carbonyl (C=O) groups excluding carboxylic acids is 2. The average molecular weight is 448 g/mol. The summed E-state index contributed by atoms with van der Waals surface area (Å²) in [5.74, 6) is 3.14. The first-order valence-electron chi connectivity index (χ1n) is 11.6. The number of hydrogen-bond acceptors (Lipinski definition) is 6. The molecule has 3 fully saturated rings. The summed E-state index contributed by atoms with van der Waals surface area (Å²) in [5.41, 5.74) is 2.19. The summed E-state index contributed by atoms with van der Waals surface area (Å²) in [4.78, 5) is 31.8. The number of aromatic nitrogens is 2. The minimum atomic E-state index is -0.664. The van der Waals surface area contributed by atoms with Crippen LogP contribution in [-0.2, 0) is 17.0 Å². The maximum absolute atomic E-state index is 13.2. The molecule has 4 aliphatic heterocycles. The lowest BCUT2D eigenvalue weighted by molar-refractivity contribution is -0.140. The molecule has 9 heteroatoms. The quantitative estimate of drug-likeness (QED) is 0.715. The van der Waals surface area contributed by atoms with Crippen LogP contribution in [0.3, 0.4) is 0 Å². The smallest absolute Gasteiger partial charge is 0.274 e. The van der Waals surface area contributed by atoms with Crippen LogP contribution in [0.4, 0.5) is 0 Å². The zero-order valence-electron chi connectivity index (χ0n) is 18.3. The van der Waals surface area contributed by atoms with E-state index in [1.165, 1.54) is 0 Å². The van der Waals surface area contributed by atoms with Gasteiger partial charge in [-0.3, -0.25) is 19.6 Å². The molecule has 0 spiro atoms. The van der Waals surface area contributed by atoms with Gasteiger partial charge in [-0.25, -0.2) is 0 Å². The Hall–Kier alpha value is -1.58. The van der Waals surface area contributed by atoms with Crippen LogP contribution in [0.2, 0.25) is 0 Å². The number of rotatable bonds is 4. The molecule has 5 heterocycles. The van der Waals surface area contributed by atoms with E-state index in [0.29, 0.717) is 30.6 Å². The standard InChI is InChI=1S/C22H33N5O3S/c1-22(30)5-7-25(14-22)12-19(28)27-10-16(11-27)15-3-2-6-26(9-15)21(29)20-17-4-8-31-13-18(17)23-24-20/h15-16,30H,2-14H2,1H3,(H,23,24). The van der Waals surface area contributed by atoms with Gasteiger partial charge in [-0.2, -0.15) is 16.9 Å². The Morgan fingerprint density at radius 1 is 1.23 bits per heavy atom. The molecule has 0 aromatic carbocycles. The van der Waals surface area contributed by atoms with Crippen molar-refractivity contribution in [3.63, 3.8) is 0 Å². The predicted molar refractivity (Wildman–Crippen MR) is 119 cm³/mol. The van der Waals surface area contributed by atoms with Crippen molar-refractivity contribution in [1.82, 2.24) is 24.9 Å². The van der Waals surface area contributed by atoms with Crippen LogP contribution >= 0.6 is 11.8 Å². The number of likely N-dealkylation sites (tertiary alicyclic amines) is 3. The van der Waals surface area contributed by atoms with Crippen molar-refractivity contribution in [1.29, 1.82) is 0 Å². The molecule has 1 aromatic heterocycles. The molecule has 0 bridgehead atoms. The molecule has 2 amide bonds. The van der Waals surface area contributed by atoms with Crippen molar-refractivity contribution < 1.29 is 14.7 Å². The number of H-pyrrole nitrogens is 1. The maximum atomic E-state index is 13.2. The minimum Gasteiger partial charge on any atom is -0.389 e. The van der Waals surface area contributed by atoms with Crippen LogP contribution in [0.5, 0.6) is 0 Å². The van der Waals surface area contributed by atoms with E-state index in [-0.39, 0.29) is 11.8 Å². The average Bonchev–Trinajstić information content (AvgIpc) is 3.29. The Morgan fingerprint density at radius 3 is 2.81 bits per heavy atom. The van der Waals surface area contributed by atoms with Gasteiger partial charge in [0.05, 0.1) is 12.1 Å². The van der Waals surface area contributed by atoms with Gasteiger partial charge in [-0.1, -0.05) is 0 Å². The lowest BCUT2D eigenvalue weighted by Gasteiger charge is -2.46. The second kappa shape index (κ2) is 8.41. The summed E-state index contributed by atoms with van der Waals surface area (Å²) in [6, 6.07) is 0. The first-order valence-corrected chi connectivity index (χ1v) is 12.7. The number of piperidine rings is 1. The van der Waals surface area contributed by atoms with Crippen LogP contribution in [0.1, 0.15) is 47.9 Å². The summed E-state index contributed by atoms with van der Waals surface area (Å²) in [6.07, 6.45) is 3.79. The van der Waals surface area contributed by atoms with Gasteiger partial charge in [0.15, 0.2) is 5.69 Å². The van der Waals surface area contributed by atoms with E-state index in [2.05, 4.69) is 15.1 Å². The first-order chi connectivity index (χ1) is 14.9. The number of fused-ring (bicyclic) bond motifs is 1. The molecule has 170 valence electrons. The molecule has 2 atom stereocenters. The van der Waals surface area contributed by atoms with Crippen molar-refractivity contribution in [2.45, 2.75) is 44.0 Å². The molecule has 2 N–H and O–H groups in total. The molecular formula is C22H33N5O3S. The summed E-state index contributed by atoms with van der Waals surface area (Å²) in [5, 5.41) is 17.5. The van der Waals surface area contributed by atoms with Crippen molar-refractivity contribution in [3.8, 4) is 0 Å². The first kappa shape index (κ1) is 21.3. The molecular weight excluding hydrogens is 414 g/mol. The lowest BCUT2D eigenvalue weighted by Crippen LogP contribution is -2.57. The number of amides is 2. The van der Waals surface area contributed by atoms with E-state index in [4.69, 9.17) is 0 Å². The highest BCUT2D eigenvalue weighted by Gasteiger charge is 2.40. The SMILES string of the molecule is CC1(O)CCN(CC(=O)N2CC(C3CCCN(C(=O)c4n[nH]c5c4CCSC5)C3)C2)C1. The third-order valence-electron chi connectivity index (χ3n) is 7.46. The topological polar surface area (TPSA) is 92.8 Å². The molecule has 5 rings (SSSR count). The zero-order chi connectivity index (χ0) is 21.6. The van der Waals surface area contributed by atoms with Gasteiger partial charge in [0.2, 0.25) is 5.91 Å². The van der Waals surface area contributed by atoms with Crippen molar-refractivity contribution >= 4 is 23.6 Å². The third-order valence-corrected chi connectivity index (χ3v) is 8.45. The van der Waals surface area contributed by atoms with Crippen LogP contribution in [0.15, 0.2) is 0 Å².